The minimum Gasteiger partial charge on any atom is -0.477 e. The van der Waals surface area contributed by atoms with Crippen molar-refractivity contribution in [1.82, 2.24) is 9.97 Å². The monoisotopic (exact) mass is 194 g/mol. The van der Waals surface area contributed by atoms with Crippen LogP contribution in [-0.2, 0) is 0 Å². The van der Waals surface area contributed by atoms with Gasteiger partial charge in [-0.1, -0.05) is 0 Å². The average Bonchev–Trinajstić information content (AvgIpc) is 2.49. The molecule has 0 aliphatic carbocycles. The van der Waals surface area contributed by atoms with Crippen molar-refractivity contribution in [3.8, 4) is 0 Å². The summed E-state index contributed by atoms with van der Waals surface area (Å²) < 4.78 is 0. The highest BCUT2D eigenvalue weighted by Gasteiger charge is 2.10. The maximum Gasteiger partial charge on any atom is 0.345 e. The lowest BCUT2D eigenvalue weighted by Crippen LogP contribution is -1.89. The lowest BCUT2D eigenvalue weighted by molar-refractivity contribution is 0.0702. The standard InChI is InChI=1S/C8H6N2O2S/c1-4-5-2-6(8(11)12)13-7(5)10-3-9-4/h2-3H,1H3,(H,11,12). The lowest BCUT2D eigenvalue weighted by Gasteiger charge is -1.89. The molecule has 2 heterocycles. The Balaban J connectivity index is 2.75. The van der Waals surface area contributed by atoms with E-state index in [0.717, 1.165) is 15.9 Å². The van der Waals surface area contributed by atoms with Crippen LogP contribution in [0.15, 0.2) is 12.4 Å². The largest absolute Gasteiger partial charge is 0.477 e. The third-order valence-electron chi connectivity index (χ3n) is 1.74. The van der Waals surface area contributed by atoms with E-state index in [2.05, 4.69) is 9.97 Å². The Bertz CT molecular complexity index is 478. The van der Waals surface area contributed by atoms with Crippen molar-refractivity contribution in [3.63, 3.8) is 0 Å². The first-order valence-electron chi connectivity index (χ1n) is 3.63. The van der Waals surface area contributed by atoms with Gasteiger partial charge in [0.15, 0.2) is 0 Å². The summed E-state index contributed by atoms with van der Waals surface area (Å²) in [7, 11) is 0. The van der Waals surface area contributed by atoms with Gasteiger partial charge in [-0.05, 0) is 13.0 Å². The van der Waals surface area contributed by atoms with Crippen LogP contribution in [0.5, 0.6) is 0 Å². The molecule has 2 aromatic heterocycles. The number of rotatable bonds is 1. The molecule has 0 radical (unpaired) electrons. The minimum absolute atomic E-state index is 0.304. The van der Waals surface area contributed by atoms with Crippen molar-refractivity contribution in [2.45, 2.75) is 6.92 Å². The van der Waals surface area contributed by atoms with Gasteiger partial charge in [0.05, 0.1) is 0 Å². The number of thiophene rings is 1. The van der Waals surface area contributed by atoms with Crippen molar-refractivity contribution in [2.75, 3.05) is 0 Å². The molecule has 0 bridgehead atoms. The maximum atomic E-state index is 10.6. The molecule has 0 fully saturated rings. The van der Waals surface area contributed by atoms with Crippen molar-refractivity contribution in [2.24, 2.45) is 0 Å². The first-order valence-corrected chi connectivity index (χ1v) is 4.44. The molecule has 66 valence electrons. The number of fused-ring (bicyclic) bond motifs is 1. The predicted octanol–water partition coefficient (Wildman–Crippen LogP) is 1.70. The highest BCUT2D eigenvalue weighted by molar-refractivity contribution is 7.20. The Kier molecular flexibility index (Phi) is 1.73. The molecule has 0 aromatic carbocycles. The van der Waals surface area contributed by atoms with Crippen LogP contribution in [0.2, 0.25) is 0 Å². The number of carboxylic acids is 1. The smallest absolute Gasteiger partial charge is 0.345 e. The Morgan fingerprint density at radius 3 is 2.92 bits per heavy atom. The van der Waals surface area contributed by atoms with Gasteiger partial charge in [0.2, 0.25) is 0 Å². The zero-order valence-electron chi connectivity index (χ0n) is 6.81. The molecule has 5 heteroatoms. The fourth-order valence-electron chi connectivity index (χ4n) is 1.08. The molecule has 0 amide bonds. The molecule has 2 rings (SSSR count). The molecular formula is C8H6N2O2S. The molecule has 4 nitrogen and oxygen atoms in total. The van der Waals surface area contributed by atoms with E-state index >= 15 is 0 Å². The first kappa shape index (κ1) is 8.12. The topological polar surface area (TPSA) is 63.1 Å². The maximum absolute atomic E-state index is 10.6. The summed E-state index contributed by atoms with van der Waals surface area (Å²) in [5.41, 5.74) is 0.814. The van der Waals surface area contributed by atoms with Crippen molar-refractivity contribution >= 4 is 27.5 Å². The second kappa shape index (κ2) is 2.77. The number of aromatic carboxylic acids is 1. The summed E-state index contributed by atoms with van der Waals surface area (Å²) in [4.78, 5) is 19.6. The zero-order chi connectivity index (χ0) is 9.42. The molecule has 0 aliphatic heterocycles. The molecule has 0 atom stereocenters. The SMILES string of the molecule is Cc1ncnc2sc(C(=O)O)cc12. The quantitative estimate of drug-likeness (QED) is 0.750. The Hall–Kier alpha value is -1.49. The Morgan fingerprint density at radius 2 is 2.31 bits per heavy atom. The predicted molar refractivity (Wildman–Crippen MR) is 49.1 cm³/mol. The van der Waals surface area contributed by atoms with Gasteiger partial charge in [-0.3, -0.25) is 0 Å². The van der Waals surface area contributed by atoms with Crippen LogP contribution in [-0.4, -0.2) is 21.0 Å². The van der Waals surface area contributed by atoms with Crippen LogP contribution in [0.3, 0.4) is 0 Å². The van der Waals surface area contributed by atoms with Gasteiger partial charge in [-0.25, -0.2) is 14.8 Å². The van der Waals surface area contributed by atoms with Gasteiger partial charge >= 0.3 is 5.97 Å². The molecular weight excluding hydrogens is 188 g/mol. The third-order valence-corrected chi connectivity index (χ3v) is 2.77. The molecule has 0 unspecified atom stereocenters. The summed E-state index contributed by atoms with van der Waals surface area (Å²) in [6.45, 7) is 1.84. The number of carboxylic acid groups (broad SMARTS) is 1. The first-order chi connectivity index (χ1) is 6.18. The number of hydrogen-bond acceptors (Lipinski definition) is 4. The summed E-state index contributed by atoms with van der Waals surface area (Å²) >= 11 is 1.17. The molecule has 2 aromatic rings. The number of aryl methyl sites for hydroxylation is 1. The molecule has 0 saturated carbocycles. The summed E-state index contributed by atoms with van der Waals surface area (Å²) in [6.07, 6.45) is 1.44. The number of aromatic nitrogens is 2. The number of carbonyl (C=O) groups is 1. The lowest BCUT2D eigenvalue weighted by atomic mass is 10.3. The molecule has 0 saturated heterocycles. The van der Waals surface area contributed by atoms with Gasteiger partial charge in [0.1, 0.15) is 16.0 Å². The van der Waals surface area contributed by atoms with E-state index in [-0.39, 0.29) is 0 Å². The highest BCUT2D eigenvalue weighted by Crippen LogP contribution is 2.24. The highest BCUT2D eigenvalue weighted by atomic mass is 32.1. The average molecular weight is 194 g/mol. The van der Waals surface area contributed by atoms with Crippen LogP contribution in [0.1, 0.15) is 15.4 Å². The van der Waals surface area contributed by atoms with Crippen LogP contribution in [0, 0.1) is 6.92 Å². The molecule has 13 heavy (non-hydrogen) atoms. The van der Waals surface area contributed by atoms with Crippen LogP contribution < -0.4 is 0 Å². The minimum atomic E-state index is -0.914. The van der Waals surface area contributed by atoms with Gasteiger partial charge in [-0.2, -0.15) is 0 Å². The summed E-state index contributed by atoms with van der Waals surface area (Å²) in [5, 5.41) is 9.56. The summed E-state index contributed by atoms with van der Waals surface area (Å²) in [6, 6.07) is 1.61. The van der Waals surface area contributed by atoms with E-state index < -0.39 is 5.97 Å². The fourth-order valence-corrected chi connectivity index (χ4v) is 1.97. The van der Waals surface area contributed by atoms with Crippen LogP contribution >= 0.6 is 11.3 Å². The van der Waals surface area contributed by atoms with E-state index in [1.165, 1.54) is 17.7 Å². The Morgan fingerprint density at radius 1 is 1.54 bits per heavy atom. The van der Waals surface area contributed by atoms with Crippen molar-refractivity contribution in [1.29, 1.82) is 0 Å². The van der Waals surface area contributed by atoms with Gasteiger partial charge in [0, 0.05) is 11.1 Å². The fraction of sp³-hybridized carbons (Fsp3) is 0.125. The Labute approximate surface area is 77.9 Å². The molecule has 0 aliphatic rings. The van der Waals surface area contributed by atoms with Crippen molar-refractivity contribution in [3.05, 3.63) is 23.0 Å². The molecule has 1 N–H and O–H groups in total. The van der Waals surface area contributed by atoms with E-state index in [9.17, 15) is 4.79 Å². The van der Waals surface area contributed by atoms with E-state index in [4.69, 9.17) is 5.11 Å². The van der Waals surface area contributed by atoms with E-state index in [1.54, 1.807) is 6.07 Å². The van der Waals surface area contributed by atoms with Gasteiger partial charge < -0.3 is 5.11 Å². The zero-order valence-corrected chi connectivity index (χ0v) is 7.63. The number of nitrogens with zero attached hydrogens (tertiary/aromatic N) is 2. The second-order valence-corrected chi connectivity index (χ2v) is 3.62. The van der Waals surface area contributed by atoms with E-state index in [1.807, 2.05) is 6.92 Å². The third kappa shape index (κ3) is 1.27. The van der Waals surface area contributed by atoms with Crippen LogP contribution in [0.25, 0.3) is 10.2 Å². The summed E-state index contributed by atoms with van der Waals surface area (Å²) in [5.74, 6) is -0.914. The molecule has 0 spiro atoms. The van der Waals surface area contributed by atoms with Gasteiger partial charge in [0.25, 0.3) is 0 Å². The van der Waals surface area contributed by atoms with Gasteiger partial charge in [-0.15, -0.1) is 11.3 Å². The second-order valence-electron chi connectivity index (χ2n) is 2.59. The van der Waals surface area contributed by atoms with E-state index in [0.29, 0.717) is 4.88 Å². The van der Waals surface area contributed by atoms with Crippen LogP contribution in [0.4, 0.5) is 0 Å². The van der Waals surface area contributed by atoms with Crippen molar-refractivity contribution < 1.29 is 9.90 Å². The number of hydrogen-bond donors (Lipinski definition) is 1. The normalized spacial score (nSPS) is 10.5.